The Balaban J connectivity index is 2.00. The Bertz CT molecular complexity index is 476. The lowest BCUT2D eigenvalue weighted by atomic mass is 9.79. The first-order chi connectivity index (χ1) is 9.18. The summed E-state index contributed by atoms with van der Waals surface area (Å²) in [6.45, 7) is 2.28. The van der Waals surface area contributed by atoms with E-state index < -0.39 is 0 Å². The van der Waals surface area contributed by atoms with Gasteiger partial charge in [-0.2, -0.15) is 0 Å². The standard InChI is InChI=1S/C16H22ClNO/c1-3-11-5-4-8-16(11)10-14(18-2)13-9-12(17)6-7-15(13)19-16/h6-7,9,11,14,18H,3-5,8,10H2,1-2H3. The van der Waals surface area contributed by atoms with E-state index in [0.717, 1.165) is 17.2 Å². The fourth-order valence-electron chi connectivity index (χ4n) is 3.95. The van der Waals surface area contributed by atoms with Gasteiger partial charge in [-0.15, -0.1) is 0 Å². The van der Waals surface area contributed by atoms with Crippen molar-refractivity contribution in [2.24, 2.45) is 5.92 Å². The summed E-state index contributed by atoms with van der Waals surface area (Å²) in [5, 5.41) is 4.23. The lowest BCUT2D eigenvalue weighted by molar-refractivity contribution is -0.00466. The second kappa shape index (κ2) is 4.99. The van der Waals surface area contributed by atoms with E-state index in [0.29, 0.717) is 12.0 Å². The zero-order chi connectivity index (χ0) is 13.5. The number of hydrogen-bond acceptors (Lipinski definition) is 2. The summed E-state index contributed by atoms with van der Waals surface area (Å²) < 4.78 is 6.47. The average Bonchev–Trinajstić information content (AvgIpc) is 2.80. The van der Waals surface area contributed by atoms with Crippen molar-refractivity contribution in [3.8, 4) is 5.75 Å². The number of rotatable bonds is 2. The highest BCUT2D eigenvalue weighted by atomic mass is 35.5. The first kappa shape index (κ1) is 13.3. The maximum absolute atomic E-state index is 6.47. The predicted octanol–water partition coefficient (Wildman–Crippen LogP) is 4.33. The van der Waals surface area contributed by atoms with E-state index in [4.69, 9.17) is 16.3 Å². The molecule has 1 heterocycles. The van der Waals surface area contributed by atoms with Crippen molar-refractivity contribution in [3.05, 3.63) is 28.8 Å². The smallest absolute Gasteiger partial charge is 0.125 e. The lowest BCUT2D eigenvalue weighted by Gasteiger charge is -2.43. The largest absolute Gasteiger partial charge is 0.487 e. The molecule has 3 heteroatoms. The van der Waals surface area contributed by atoms with Crippen molar-refractivity contribution in [3.63, 3.8) is 0 Å². The third-order valence-electron chi connectivity index (χ3n) is 4.95. The van der Waals surface area contributed by atoms with Crippen LogP contribution in [0.25, 0.3) is 0 Å². The Morgan fingerprint density at radius 1 is 1.47 bits per heavy atom. The van der Waals surface area contributed by atoms with Crippen LogP contribution in [-0.4, -0.2) is 12.6 Å². The maximum Gasteiger partial charge on any atom is 0.125 e. The fraction of sp³-hybridized carbons (Fsp3) is 0.625. The quantitative estimate of drug-likeness (QED) is 0.870. The minimum atomic E-state index is 0.0449. The fourth-order valence-corrected chi connectivity index (χ4v) is 4.13. The van der Waals surface area contributed by atoms with Crippen LogP contribution in [0, 0.1) is 5.92 Å². The van der Waals surface area contributed by atoms with Crippen LogP contribution >= 0.6 is 11.6 Å². The van der Waals surface area contributed by atoms with Crippen LogP contribution in [0.2, 0.25) is 5.02 Å². The topological polar surface area (TPSA) is 21.3 Å². The van der Waals surface area contributed by atoms with Crippen LogP contribution in [0.1, 0.15) is 50.6 Å². The molecule has 1 aliphatic heterocycles. The number of hydrogen-bond donors (Lipinski definition) is 1. The van der Waals surface area contributed by atoms with Gasteiger partial charge >= 0.3 is 0 Å². The summed E-state index contributed by atoms with van der Waals surface area (Å²) in [6.07, 6.45) is 6.05. The molecule has 1 aromatic rings. The van der Waals surface area contributed by atoms with Gasteiger partial charge in [-0.25, -0.2) is 0 Å². The van der Waals surface area contributed by atoms with Crippen molar-refractivity contribution in [2.75, 3.05) is 7.05 Å². The molecule has 1 spiro atoms. The van der Waals surface area contributed by atoms with Gasteiger partial charge in [0.25, 0.3) is 0 Å². The van der Waals surface area contributed by atoms with E-state index in [1.807, 2.05) is 25.2 Å². The van der Waals surface area contributed by atoms with E-state index in [1.165, 1.54) is 31.2 Å². The molecule has 1 N–H and O–H groups in total. The molecular formula is C16H22ClNO. The van der Waals surface area contributed by atoms with Crippen molar-refractivity contribution in [2.45, 2.75) is 50.7 Å². The van der Waals surface area contributed by atoms with Crippen LogP contribution < -0.4 is 10.1 Å². The van der Waals surface area contributed by atoms with Gasteiger partial charge in [-0.1, -0.05) is 18.5 Å². The highest BCUT2D eigenvalue weighted by Gasteiger charge is 2.48. The molecule has 1 fully saturated rings. The normalized spacial score (nSPS) is 33.2. The summed E-state index contributed by atoms with van der Waals surface area (Å²) in [6, 6.07) is 6.37. The molecule has 0 bridgehead atoms. The average molecular weight is 280 g/mol. The summed E-state index contributed by atoms with van der Waals surface area (Å²) in [5.41, 5.74) is 1.26. The summed E-state index contributed by atoms with van der Waals surface area (Å²) >= 11 is 6.12. The Kier molecular flexibility index (Phi) is 3.48. The molecule has 3 rings (SSSR count). The molecule has 2 aliphatic rings. The van der Waals surface area contributed by atoms with E-state index in [2.05, 4.69) is 12.2 Å². The molecule has 0 saturated heterocycles. The molecule has 1 saturated carbocycles. The molecule has 104 valence electrons. The van der Waals surface area contributed by atoms with Gasteiger partial charge in [-0.05, 0) is 56.8 Å². The molecule has 0 amide bonds. The zero-order valence-corrected chi connectivity index (χ0v) is 12.5. The number of fused-ring (bicyclic) bond motifs is 1. The van der Waals surface area contributed by atoms with Crippen LogP contribution in [0.5, 0.6) is 5.75 Å². The van der Waals surface area contributed by atoms with Crippen molar-refractivity contribution in [1.29, 1.82) is 0 Å². The monoisotopic (exact) mass is 279 g/mol. The van der Waals surface area contributed by atoms with Gasteiger partial charge in [0.15, 0.2) is 0 Å². The van der Waals surface area contributed by atoms with Crippen LogP contribution in [0.4, 0.5) is 0 Å². The second-order valence-corrected chi connectivity index (χ2v) is 6.33. The van der Waals surface area contributed by atoms with Crippen LogP contribution in [0.15, 0.2) is 18.2 Å². The van der Waals surface area contributed by atoms with Crippen molar-refractivity contribution < 1.29 is 4.74 Å². The summed E-state index contributed by atoms with van der Waals surface area (Å²) in [4.78, 5) is 0. The van der Waals surface area contributed by atoms with Gasteiger partial charge < -0.3 is 10.1 Å². The van der Waals surface area contributed by atoms with E-state index >= 15 is 0 Å². The first-order valence-electron chi connectivity index (χ1n) is 7.34. The molecular weight excluding hydrogens is 258 g/mol. The zero-order valence-electron chi connectivity index (χ0n) is 11.7. The van der Waals surface area contributed by atoms with Gasteiger partial charge in [0.05, 0.1) is 0 Å². The molecule has 0 aromatic heterocycles. The van der Waals surface area contributed by atoms with E-state index in [9.17, 15) is 0 Å². The number of halogens is 1. The molecule has 3 unspecified atom stereocenters. The summed E-state index contributed by atoms with van der Waals surface area (Å²) in [7, 11) is 2.03. The SMILES string of the molecule is CCC1CCCC12CC(NC)c1cc(Cl)ccc1O2. The van der Waals surface area contributed by atoms with Gasteiger partial charge in [0.2, 0.25) is 0 Å². The third kappa shape index (κ3) is 2.15. The summed E-state index contributed by atoms with van der Waals surface area (Å²) in [5.74, 6) is 1.71. The molecule has 1 aliphatic carbocycles. The van der Waals surface area contributed by atoms with Gasteiger partial charge in [0.1, 0.15) is 11.4 Å². The van der Waals surface area contributed by atoms with Gasteiger partial charge in [0, 0.05) is 23.0 Å². The lowest BCUT2D eigenvalue weighted by Crippen LogP contribution is -2.46. The van der Waals surface area contributed by atoms with Gasteiger partial charge in [-0.3, -0.25) is 0 Å². The van der Waals surface area contributed by atoms with Crippen LogP contribution in [0.3, 0.4) is 0 Å². The van der Waals surface area contributed by atoms with Crippen molar-refractivity contribution >= 4 is 11.6 Å². The van der Waals surface area contributed by atoms with Crippen molar-refractivity contribution in [1.82, 2.24) is 5.32 Å². The Hall–Kier alpha value is -0.730. The second-order valence-electron chi connectivity index (χ2n) is 5.89. The molecule has 19 heavy (non-hydrogen) atoms. The minimum absolute atomic E-state index is 0.0449. The van der Waals surface area contributed by atoms with Crippen LogP contribution in [-0.2, 0) is 0 Å². The van der Waals surface area contributed by atoms with E-state index in [-0.39, 0.29) is 5.60 Å². The highest BCUT2D eigenvalue weighted by molar-refractivity contribution is 6.30. The number of benzene rings is 1. The van der Waals surface area contributed by atoms with E-state index in [1.54, 1.807) is 0 Å². The Labute approximate surface area is 120 Å². The number of nitrogens with one attached hydrogen (secondary N) is 1. The molecule has 3 atom stereocenters. The number of ether oxygens (including phenoxy) is 1. The first-order valence-corrected chi connectivity index (χ1v) is 7.72. The predicted molar refractivity (Wildman–Crippen MR) is 78.9 cm³/mol. The molecule has 0 radical (unpaired) electrons. The highest BCUT2D eigenvalue weighted by Crippen LogP contribution is 2.51. The third-order valence-corrected chi connectivity index (χ3v) is 5.18. The Morgan fingerprint density at radius 3 is 3.05 bits per heavy atom. The maximum atomic E-state index is 6.47. The minimum Gasteiger partial charge on any atom is -0.487 e. The molecule has 2 nitrogen and oxygen atoms in total. The molecule has 1 aromatic carbocycles. The Morgan fingerprint density at radius 2 is 2.32 bits per heavy atom.